The molecule has 0 radical (unpaired) electrons. The van der Waals surface area contributed by atoms with Crippen LogP contribution in [0.2, 0.25) is 0 Å². The van der Waals surface area contributed by atoms with Crippen molar-refractivity contribution in [2.75, 3.05) is 11.9 Å². The van der Waals surface area contributed by atoms with E-state index in [0.29, 0.717) is 24.5 Å². The number of carbonyl (C=O) groups is 2. The Bertz CT molecular complexity index is 973. The molecule has 2 aromatic heterocycles. The van der Waals surface area contributed by atoms with Crippen molar-refractivity contribution >= 4 is 28.3 Å². The zero-order valence-electron chi connectivity index (χ0n) is 14.1. The highest BCUT2D eigenvalue weighted by Crippen LogP contribution is 2.26. The largest absolute Gasteiger partial charge is 0.355 e. The summed E-state index contributed by atoms with van der Waals surface area (Å²) in [4.78, 5) is 30.8. The van der Waals surface area contributed by atoms with Gasteiger partial charge in [0.1, 0.15) is 11.9 Å². The molecular weight excluding hydrogens is 371 g/mol. The Morgan fingerprint density at radius 3 is 2.96 bits per heavy atom. The van der Waals surface area contributed by atoms with Gasteiger partial charge in [-0.25, -0.2) is 9.37 Å². The van der Waals surface area contributed by atoms with Crippen LogP contribution in [0, 0.1) is 5.82 Å². The fourth-order valence-corrected chi connectivity index (χ4v) is 3.60. The average Bonchev–Trinajstić information content (AvgIpc) is 3.42. The van der Waals surface area contributed by atoms with Gasteiger partial charge in [0.05, 0.1) is 5.56 Å². The summed E-state index contributed by atoms with van der Waals surface area (Å²) in [6.07, 6.45) is 2.86. The molecule has 0 aliphatic carbocycles. The van der Waals surface area contributed by atoms with Crippen LogP contribution in [0.1, 0.15) is 23.3 Å². The second-order valence-corrected chi connectivity index (χ2v) is 6.93. The molecule has 1 atom stereocenters. The van der Waals surface area contributed by atoms with Crippen LogP contribution < -0.4 is 5.32 Å². The maximum atomic E-state index is 13.9. The second kappa shape index (κ2) is 7.28. The monoisotopic (exact) mass is 386 g/mol. The highest BCUT2D eigenvalue weighted by molar-refractivity contribution is 7.13. The number of carbonyl (C=O) groups excluding carboxylic acids is 2. The molecule has 0 spiro atoms. The quantitative estimate of drug-likeness (QED) is 0.744. The molecule has 0 saturated carbocycles. The van der Waals surface area contributed by atoms with E-state index in [1.54, 1.807) is 29.8 Å². The van der Waals surface area contributed by atoms with E-state index in [1.807, 2.05) is 0 Å². The Morgan fingerprint density at radius 1 is 1.33 bits per heavy atom. The Hall–Kier alpha value is -3.07. The van der Waals surface area contributed by atoms with Gasteiger partial charge in [0.2, 0.25) is 5.91 Å². The van der Waals surface area contributed by atoms with Crippen LogP contribution >= 0.6 is 11.3 Å². The first-order valence-corrected chi connectivity index (χ1v) is 9.24. The van der Waals surface area contributed by atoms with Crippen molar-refractivity contribution in [3.05, 3.63) is 53.4 Å². The second-order valence-electron chi connectivity index (χ2n) is 6.04. The van der Waals surface area contributed by atoms with Gasteiger partial charge in [-0.05, 0) is 25.0 Å². The number of thiazole rings is 1. The molecule has 1 N–H and O–H groups in total. The first-order chi connectivity index (χ1) is 13.1. The van der Waals surface area contributed by atoms with Gasteiger partial charge in [-0.15, -0.1) is 11.3 Å². The van der Waals surface area contributed by atoms with Crippen LogP contribution in [0.5, 0.6) is 0 Å². The molecule has 3 heterocycles. The number of hydrogen-bond acceptors (Lipinski definition) is 6. The van der Waals surface area contributed by atoms with E-state index in [2.05, 4.69) is 15.5 Å². The van der Waals surface area contributed by atoms with Crippen molar-refractivity contribution in [1.29, 1.82) is 0 Å². The maximum absolute atomic E-state index is 13.9. The lowest BCUT2D eigenvalue weighted by Gasteiger charge is -2.22. The lowest BCUT2D eigenvalue weighted by molar-refractivity contribution is -0.119. The summed E-state index contributed by atoms with van der Waals surface area (Å²) >= 11 is 1.31. The molecule has 1 aromatic carbocycles. The molecule has 7 nitrogen and oxygen atoms in total. The third kappa shape index (κ3) is 3.45. The van der Waals surface area contributed by atoms with E-state index in [4.69, 9.17) is 4.52 Å². The number of likely N-dealkylation sites (tertiary alicyclic amines) is 1. The number of nitrogens with zero attached hydrogens (tertiary/aromatic N) is 3. The van der Waals surface area contributed by atoms with Crippen LogP contribution in [0.3, 0.4) is 0 Å². The zero-order chi connectivity index (χ0) is 18.8. The molecule has 0 bridgehead atoms. The molecule has 1 fully saturated rings. The first kappa shape index (κ1) is 17.3. The van der Waals surface area contributed by atoms with Gasteiger partial charge in [0.15, 0.2) is 16.6 Å². The van der Waals surface area contributed by atoms with E-state index in [1.165, 1.54) is 28.4 Å². The molecular formula is C18H15FN4O3S. The van der Waals surface area contributed by atoms with Crippen LogP contribution in [0.4, 0.5) is 9.52 Å². The Kier molecular flexibility index (Phi) is 4.68. The van der Waals surface area contributed by atoms with Gasteiger partial charge >= 0.3 is 0 Å². The molecule has 4 rings (SSSR count). The molecule has 1 saturated heterocycles. The van der Waals surface area contributed by atoms with Gasteiger partial charge in [0.25, 0.3) is 5.91 Å². The number of nitrogens with one attached hydrogen (secondary N) is 1. The van der Waals surface area contributed by atoms with Gasteiger partial charge < -0.3 is 14.7 Å². The SMILES string of the molecule is O=C(Nc1nccs1)C1CCCN1C(=O)c1cc(-c2ccccc2F)on1. The molecule has 27 heavy (non-hydrogen) atoms. The zero-order valence-corrected chi connectivity index (χ0v) is 14.9. The predicted molar refractivity (Wildman–Crippen MR) is 96.7 cm³/mol. The predicted octanol–water partition coefficient (Wildman–Crippen LogP) is 3.18. The van der Waals surface area contributed by atoms with Crippen LogP contribution in [0.25, 0.3) is 11.3 Å². The fraction of sp³-hybridized carbons (Fsp3) is 0.222. The third-order valence-corrected chi connectivity index (χ3v) is 5.04. The lowest BCUT2D eigenvalue weighted by Crippen LogP contribution is -2.43. The number of benzene rings is 1. The maximum Gasteiger partial charge on any atom is 0.276 e. The van der Waals surface area contributed by atoms with Crippen molar-refractivity contribution in [3.8, 4) is 11.3 Å². The van der Waals surface area contributed by atoms with Gasteiger partial charge in [-0.2, -0.15) is 0 Å². The highest BCUT2D eigenvalue weighted by atomic mass is 32.1. The molecule has 1 aliphatic heterocycles. The number of anilines is 1. The summed E-state index contributed by atoms with van der Waals surface area (Å²) in [5, 5.41) is 8.74. The van der Waals surface area contributed by atoms with Crippen LogP contribution in [-0.4, -0.2) is 39.4 Å². The normalized spacial score (nSPS) is 16.5. The van der Waals surface area contributed by atoms with Crippen molar-refractivity contribution < 1.29 is 18.5 Å². The first-order valence-electron chi connectivity index (χ1n) is 8.36. The van der Waals surface area contributed by atoms with E-state index in [-0.39, 0.29) is 22.9 Å². The van der Waals surface area contributed by atoms with Crippen LogP contribution in [-0.2, 0) is 4.79 Å². The van der Waals surface area contributed by atoms with Crippen molar-refractivity contribution in [1.82, 2.24) is 15.0 Å². The summed E-state index contributed by atoms with van der Waals surface area (Å²) in [6, 6.07) is 6.88. The minimum absolute atomic E-state index is 0.0437. The standard InChI is InChI=1S/C18H15FN4O3S/c19-12-5-2-1-4-11(12)15-10-13(22-26-15)17(25)23-8-3-6-14(23)16(24)21-18-20-7-9-27-18/h1-2,4-5,7,9-10,14H,3,6,8H2,(H,20,21,24). The van der Waals surface area contributed by atoms with Gasteiger partial charge in [-0.3, -0.25) is 9.59 Å². The molecule has 1 aliphatic rings. The molecule has 2 amide bonds. The van der Waals surface area contributed by atoms with E-state index < -0.39 is 17.8 Å². The van der Waals surface area contributed by atoms with Gasteiger partial charge in [-0.1, -0.05) is 17.3 Å². The minimum Gasteiger partial charge on any atom is -0.355 e. The van der Waals surface area contributed by atoms with Crippen molar-refractivity contribution in [3.63, 3.8) is 0 Å². The Morgan fingerprint density at radius 2 is 2.19 bits per heavy atom. The third-order valence-electron chi connectivity index (χ3n) is 4.35. The smallest absolute Gasteiger partial charge is 0.276 e. The molecule has 1 unspecified atom stereocenters. The van der Waals surface area contributed by atoms with Crippen molar-refractivity contribution in [2.24, 2.45) is 0 Å². The summed E-state index contributed by atoms with van der Waals surface area (Å²) in [7, 11) is 0. The fourth-order valence-electron chi connectivity index (χ4n) is 3.07. The number of halogens is 1. The number of hydrogen-bond donors (Lipinski definition) is 1. The molecule has 9 heteroatoms. The summed E-state index contributed by atoms with van der Waals surface area (Å²) < 4.78 is 19.0. The average molecular weight is 386 g/mol. The minimum atomic E-state index is -0.602. The topological polar surface area (TPSA) is 88.3 Å². The summed E-state index contributed by atoms with van der Waals surface area (Å²) in [5.41, 5.74) is 0.269. The lowest BCUT2D eigenvalue weighted by atomic mass is 10.1. The van der Waals surface area contributed by atoms with E-state index >= 15 is 0 Å². The van der Waals surface area contributed by atoms with Gasteiger partial charge in [0, 0.05) is 24.2 Å². The summed E-state index contributed by atoms with van der Waals surface area (Å²) in [6.45, 7) is 0.441. The number of rotatable bonds is 4. The van der Waals surface area contributed by atoms with E-state index in [9.17, 15) is 14.0 Å². The van der Waals surface area contributed by atoms with E-state index in [0.717, 1.165) is 0 Å². The molecule has 3 aromatic rings. The summed E-state index contributed by atoms with van der Waals surface area (Å²) in [5.74, 6) is -0.999. The Balaban J connectivity index is 1.52. The number of aromatic nitrogens is 2. The van der Waals surface area contributed by atoms with Crippen molar-refractivity contribution in [2.45, 2.75) is 18.9 Å². The molecule has 138 valence electrons. The highest BCUT2D eigenvalue weighted by Gasteiger charge is 2.36. The Labute approximate surface area is 157 Å². The number of amides is 2. The van der Waals surface area contributed by atoms with Crippen LogP contribution in [0.15, 0.2) is 46.4 Å².